The average Bonchev–Trinajstić information content (AvgIpc) is 2.29. The van der Waals surface area contributed by atoms with Crippen molar-refractivity contribution in [2.45, 2.75) is 25.4 Å². The highest BCUT2D eigenvalue weighted by Gasteiger charge is 2.25. The molecule has 0 saturated carbocycles. The third kappa shape index (κ3) is 3.01. The van der Waals surface area contributed by atoms with Crippen molar-refractivity contribution in [1.82, 2.24) is 5.32 Å². The van der Waals surface area contributed by atoms with Crippen LogP contribution in [0.4, 0.5) is 4.39 Å². The second-order valence-electron chi connectivity index (χ2n) is 4.26. The molecule has 1 aromatic rings. The lowest BCUT2D eigenvalue weighted by Crippen LogP contribution is -2.50. The van der Waals surface area contributed by atoms with Crippen molar-refractivity contribution in [3.05, 3.63) is 35.6 Å². The van der Waals surface area contributed by atoms with Gasteiger partial charge in [-0.1, -0.05) is 18.2 Å². The van der Waals surface area contributed by atoms with Crippen molar-refractivity contribution in [2.75, 3.05) is 13.2 Å². The Balaban J connectivity index is 2.80. The topological polar surface area (TPSA) is 52.5 Å². The third-order valence-corrected chi connectivity index (χ3v) is 2.63. The van der Waals surface area contributed by atoms with Crippen LogP contribution in [0, 0.1) is 5.82 Å². The minimum absolute atomic E-state index is 0.206. The molecule has 0 heterocycles. The summed E-state index contributed by atoms with van der Waals surface area (Å²) < 4.78 is 13.5. The van der Waals surface area contributed by atoms with Gasteiger partial charge in [0.05, 0.1) is 18.8 Å². The number of halogens is 1. The van der Waals surface area contributed by atoms with E-state index in [2.05, 4.69) is 5.32 Å². The highest BCUT2D eigenvalue weighted by molar-refractivity contribution is 5.21. The Kier molecular flexibility index (Phi) is 4.41. The highest BCUT2D eigenvalue weighted by Crippen LogP contribution is 2.19. The molecule has 0 bridgehead atoms. The van der Waals surface area contributed by atoms with Crippen LogP contribution in [-0.2, 0) is 0 Å². The largest absolute Gasteiger partial charge is 0.394 e. The van der Waals surface area contributed by atoms with Crippen molar-refractivity contribution >= 4 is 0 Å². The molecule has 0 spiro atoms. The van der Waals surface area contributed by atoms with E-state index in [1.807, 2.05) is 0 Å². The molecule has 90 valence electrons. The van der Waals surface area contributed by atoms with Gasteiger partial charge in [0.25, 0.3) is 0 Å². The van der Waals surface area contributed by atoms with Gasteiger partial charge >= 0.3 is 0 Å². The molecule has 0 radical (unpaired) electrons. The first-order valence-electron chi connectivity index (χ1n) is 5.26. The van der Waals surface area contributed by atoms with Gasteiger partial charge in [-0.25, -0.2) is 4.39 Å². The van der Waals surface area contributed by atoms with E-state index in [4.69, 9.17) is 10.2 Å². The van der Waals surface area contributed by atoms with Crippen LogP contribution in [0.5, 0.6) is 0 Å². The summed E-state index contributed by atoms with van der Waals surface area (Å²) in [6.07, 6.45) is 0. The van der Waals surface area contributed by atoms with Gasteiger partial charge in [0.2, 0.25) is 0 Å². The van der Waals surface area contributed by atoms with E-state index in [1.165, 1.54) is 6.07 Å². The van der Waals surface area contributed by atoms with Gasteiger partial charge in [-0.05, 0) is 19.9 Å². The zero-order chi connectivity index (χ0) is 12.2. The summed E-state index contributed by atoms with van der Waals surface area (Å²) in [4.78, 5) is 0. The van der Waals surface area contributed by atoms with Gasteiger partial charge < -0.3 is 15.5 Å². The molecule has 3 nitrogen and oxygen atoms in total. The molecule has 0 aliphatic carbocycles. The molecule has 1 aromatic carbocycles. The molecule has 0 aliphatic heterocycles. The van der Waals surface area contributed by atoms with Crippen LogP contribution in [0.2, 0.25) is 0 Å². The molecule has 0 aliphatic rings. The first-order chi connectivity index (χ1) is 7.52. The van der Waals surface area contributed by atoms with E-state index >= 15 is 0 Å². The van der Waals surface area contributed by atoms with Crippen molar-refractivity contribution in [2.24, 2.45) is 0 Å². The van der Waals surface area contributed by atoms with Crippen molar-refractivity contribution in [1.29, 1.82) is 0 Å². The molecule has 4 heteroatoms. The second kappa shape index (κ2) is 5.39. The Labute approximate surface area is 94.9 Å². The number of hydrogen-bond acceptors (Lipinski definition) is 3. The quantitative estimate of drug-likeness (QED) is 0.709. The zero-order valence-corrected chi connectivity index (χ0v) is 9.57. The summed E-state index contributed by atoms with van der Waals surface area (Å²) in [6.45, 7) is 3.07. The maximum Gasteiger partial charge on any atom is 0.127 e. The molecule has 1 atom stereocenters. The molecule has 1 rings (SSSR count). The summed E-state index contributed by atoms with van der Waals surface area (Å²) in [7, 11) is 0. The number of hydrogen-bond donors (Lipinski definition) is 3. The lowest BCUT2D eigenvalue weighted by molar-refractivity contribution is 0.0953. The average molecular weight is 227 g/mol. The fourth-order valence-electron chi connectivity index (χ4n) is 1.57. The molecule has 3 N–H and O–H groups in total. The number of aliphatic hydroxyl groups excluding tert-OH is 2. The fraction of sp³-hybridized carbons (Fsp3) is 0.500. The van der Waals surface area contributed by atoms with Crippen molar-refractivity contribution in [3.63, 3.8) is 0 Å². The van der Waals surface area contributed by atoms with Gasteiger partial charge in [0.1, 0.15) is 5.82 Å². The van der Waals surface area contributed by atoms with Gasteiger partial charge in [0, 0.05) is 11.6 Å². The van der Waals surface area contributed by atoms with E-state index in [-0.39, 0.29) is 25.1 Å². The van der Waals surface area contributed by atoms with E-state index < -0.39 is 5.54 Å². The SMILES string of the molecule is CC(NC(C)(CO)CO)c1ccccc1F. The number of benzene rings is 1. The summed E-state index contributed by atoms with van der Waals surface area (Å²) in [5.74, 6) is -0.291. The summed E-state index contributed by atoms with van der Waals surface area (Å²) >= 11 is 0. The number of aliphatic hydroxyl groups is 2. The van der Waals surface area contributed by atoms with Gasteiger partial charge in [-0.2, -0.15) is 0 Å². The summed E-state index contributed by atoms with van der Waals surface area (Å²) in [6, 6.07) is 6.19. The zero-order valence-electron chi connectivity index (χ0n) is 9.57. The molecular formula is C12H18FNO2. The molecule has 1 unspecified atom stereocenters. The fourth-order valence-corrected chi connectivity index (χ4v) is 1.57. The molecule has 16 heavy (non-hydrogen) atoms. The first kappa shape index (κ1) is 13.1. The van der Waals surface area contributed by atoms with Gasteiger partial charge in [0.15, 0.2) is 0 Å². The standard InChI is InChI=1S/C12H18FNO2/c1-9(14-12(2,7-15)8-16)10-5-3-4-6-11(10)13/h3-6,9,14-16H,7-8H2,1-2H3. The van der Waals surface area contributed by atoms with Crippen molar-refractivity contribution < 1.29 is 14.6 Å². The number of rotatable bonds is 5. The third-order valence-electron chi connectivity index (χ3n) is 2.63. The van der Waals surface area contributed by atoms with Gasteiger partial charge in [-0.15, -0.1) is 0 Å². The molecule has 0 fully saturated rings. The van der Waals surface area contributed by atoms with Crippen molar-refractivity contribution in [3.8, 4) is 0 Å². The molecular weight excluding hydrogens is 209 g/mol. The van der Waals surface area contributed by atoms with Crippen LogP contribution in [-0.4, -0.2) is 29.0 Å². The summed E-state index contributed by atoms with van der Waals surface area (Å²) in [5, 5.41) is 21.3. The Bertz CT molecular complexity index is 340. The predicted molar refractivity (Wildman–Crippen MR) is 60.5 cm³/mol. The molecule has 0 saturated heterocycles. The highest BCUT2D eigenvalue weighted by atomic mass is 19.1. The first-order valence-corrected chi connectivity index (χ1v) is 5.26. The van der Waals surface area contributed by atoms with Crippen LogP contribution in [0.25, 0.3) is 0 Å². The summed E-state index contributed by atoms with van der Waals surface area (Å²) in [5.41, 5.74) is -0.280. The lowest BCUT2D eigenvalue weighted by Gasteiger charge is -2.30. The van der Waals surface area contributed by atoms with Crippen LogP contribution >= 0.6 is 0 Å². The second-order valence-corrected chi connectivity index (χ2v) is 4.26. The van der Waals surface area contributed by atoms with Crippen LogP contribution in [0.15, 0.2) is 24.3 Å². The maximum absolute atomic E-state index is 13.5. The maximum atomic E-state index is 13.5. The van der Waals surface area contributed by atoms with Gasteiger partial charge in [-0.3, -0.25) is 0 Å². The lowest BCUT2D eigenvalue weighted by atomic mass is 10.0. The Morgan fingerprint density at radius 2 is 1.88 bits per heavy atom. The smallest absolute Gasteiger partial charge is 0.127 e. The molecule has 0 amide bonds. The minimum Gasteiger partial charge on any atom is -0.394 e. The molecule has 0 aromatic heterocycles. The van der Waals surface area contributed by atoms with E-state index in [9.17, 15) is 4.39 Å². The van der Waals surface area contributed by atoms with E-state index in [0.717, 1.165) is 0 Å². The number of nitrogens with one attached hydrogen (secondary N) is 1. The van der Waals surface area contributed by atoms with E-state index in [1.54, 1.807) is 32.0 Å². The predicted octanol–water partition coefficient (Wildman–Crippen LogP) is 1.22. The van der Waals surface area contributed by atoms with Crippen LogP contribution < -0.4 is 5.32 Å². The Morgan fingerprint density at radius 1 is 1.31 bits per heavy atom. The normalized spacial score (nSPS) is 13.8. The van der Waals surface area contributed by atoms with E-state index in [0.29, 0.717) is 5.56 Å². The van der Waals surface area contributed by atoms with Crippen LogP contribution in [0.1, 0.15) is 25.5 Å². The Morgan fingerprint density at radius 3 is 2.38 bits per heavy atom. The van der Waals surface area contributed by atoms with Crippen LogP contribution in [0.3, 0.4) is 0 Å². The minimum atomic E-state index is -0.804. The monoisotopic (exact) mass is 227 g/mol. The Hall–Kier alpha value is -0.970.